The largest absolute Gasteiger partial charge is 0.477 e. The zero-order valence-corrected chi connectivity index (χ0v) is 14.0. The summed E-state index contributed by atoms with van der Waals surface area (Å²) in [7, 11) is -0.520. The van der Waals surface area contributed by atoms with Crippen LogP contribution in [0.1, 0.15) is 21.6 Å². The average Bonchev–Trinajstić information content (AvgIpc) is 2.98. The van der Waals surface area contributed by atoms with Gasteiger partial charge in [0.1, 0.15) is 0 Å². The van der Waals surface area contributed by atoms with Gasteiger partial charge in [0.25, 0.3) is 0 Å². The number of hydrogen-bond acceptors (Lipinski definition) is 6. The van der Waals surface area contributed by atoms with E-state index in [4.69, 9.17) is 5.11 Å². The van der Waals surface area contributed by atoms with E-state index in [2.05, 4.69) is 9.97 Å². The molecule has 0 fully saturated rings. The van der Waals surface area contributed by atoms with E-state index in [0.717, 1.165) is 11.1 Å². The molecule has 8 nitrogen and oxygen atoms in total. The standard InChI is InChI=1S/C15H16N4O4S/c1-18(2)24(22,23)12-4-3-10-8-19(9-11(10)7-12)15-16-6-5-13(17-15)14(20)21/h3-7H,8-9H2,1-2H3,(H,20,21). The molecule has 1 aromatic heterocycles. The van der Waals surface area contributed by atoms with Crippen molar-refractivity contribution < 1.29 is 18.3 Å². The van der Waals surface area contributed by atoms with E-state index in [1.54, 1.807) is 18.2 Å². The van der Waals surface area contributed by atoms with E-state index in [9.17, 15) is 13.2 Å². The fourth-order valence-electron chi connectivity index (χ4n) is 2.50. The lowest BCUT2D eigenvalue weighted by atomic mass is 10.1. The molecule has 9 heteroatoms. The van der Waals surface area contributed by atoms with Crippen molar-refractivity contribution in [3.63, 3.8) is 0 Å². The molecule has 0 unspecified atom stereocenters. The molecule has 0 atom stereocenters. The van der Waals surface area contributed by atoms with Crippen molar-refractivity contribution in [2.75, 3.05) is 19.0 Å². The van der Waals surface area contributed by atoms with Crippen LogP contribution in [0.3, 0.4) is 0 Å². The molecule has 1 aromatic carbocycles. The Morgan fingerprint density at radius 1 is 1.21 bits per heavy atom. The van der Waals surface area contributed by atoms with Crippen molar-refractivity contribution in [1.82, 2.24) is 14.3 Å². The number of sulfonamides is 1. The number of fused-ring (bicyclic) bond motifs is 1. The Morgan fingerprint density at radius 3 is 2.58 bits per heavy atom. The third kappa shape index (κ3) is 2.83. The highest BCUT2D eigenvalue weighted by atomic mass is 32.2. The third-order valence-corrected chi connectivity index (χ3v) is 5.63. The van der Waals surface area contributed by atoms with Gasteiger partial charge >= 0.3 is 5.97 Å². The summed E-state index contributed by atoms with van der Waals surface area (Å²) in [6, 6.07) is 6.32. The highest BCUT2D eigenvalue weighted by molar-refractivity contribution is 7.89. The number of rotatable bonds is 4. The molecule has 2 heterocycles. The summed E-state index contributed by atoms with van der Waals surface area (Å²) in [6.07, 6.45) is 1.40. The molecule has 1 N–H and O–H groups in total. The number of carbonyl (C=O) groups is 1. The highest BCUT2D eigenvalue weighted by Crippen LogP contribution is 2.28. The second-order valence-electron chi connectivity index (χ2n) is 5.62. The van der Waals surface area contributed by atoms with Gasteiger partial charge in [-0.1, -0.05) is 6.07 Å². The Bertz CT molecular complexity index is 911. The molecule has 2 aromatic rings. The lowest BCUT2D eigenvalue weighted by Gasteiger charge is -2.14. The van der Waals surface area contributed by atoms with Crippen LogP contribution >= 0.6 is 0 Å². The van der Waals surface area contributed by atoms with Gasteiger partial charge in [0, 0.05) is 33.4 Å². The lowest BCUT2D eigenvalue weighted by Crippen LogP contribution is -2.22. The topological polar surface area (TPSA) is 104 Å². The first-order valence-corrected chi connectivity index (χ1v) is 8.58. The molecule has 0 saturated carbocycles. The lowest BCUT2D eigenvalue weighted by molar-refractivity contribution is 0.0690. The molecule has 0 spiro atoms. The molecule has 0 bridgehead atoms. The molecule has 24 heavy (non-hydrogen) atoms. The van der Waals surface area contributed by atoms with Gasteiger partial charge in [-0.05, 0) is 29.3 Å². The summed E-state index contributed by atoms with van der Waals surface area (Å²) in [6.45, 7) is 0.926. The normalized spacial score (nSPS) is 14.0. The number of anilines is 1. The number of carboxylic acids is 1. The van der Waals surface area contributed by atoms with Gasteiger partial charge in [0.15, 0.2) is 5.69 Å². The van der Waals surface area contributed by atoms with Gasteiger partial charge in [0.05, 0.1) is 4.90 Å². The highest BCUT2D eigenvalue weighted by Gasteiger charge is 2.25. The van der Waals surface area contributed by atoms with Crippen molar-refractivity contribution in [3.8, 4) is 0 Å². The van der Waals surface area contributed by atoms with Crippen molar-refractivity contribution in [2.45, 2.75) is 18.0 Å². The number of aromatic nitrogens is 2. The Morgan fingerprint density at radius 2 is 1.92 bits per heavy atom. The van der Waals surface area contributed by atoms with E-state index < -0.39 is 16.0 Å². The fraction of sp³-hybridized carbons (Fsp3) is 0.267. The van der Waals surface area contributed by atoms with Crippen LogP contribution in [0.25, 0.3) is 0 Å². The van der Waals surface area contributed by atoms with E-state index in [1.807, 2.05) is 4.90 Å². The molecule has 0 amide bonds. The van der Waals surface area contributed by atoms with E-state index in [1.165, 1.54) is 30.7 Å². The second-order valence-corrected chi connectivity index (χ2v) is 7.77. The minimum absolute atomic E-state index is 0.0770. The zero-order valence-electron chi connectivity index (χ0n) is 13.2. The van der Waals surface area contributed by atoms with Crippen molar-refractivity contribution >= 4 is 21.9 Å². The summed E-state index contributed by atoms with van der Waals surface area (Å²) in [5.74, 6) is -0.808. The number of carboxylic acid groups (broad SMARTS) is 1. The molecular weight excluding hydrogens is 332 g/mol. The van der Waals surface area contributed by atoms with Crippen LogP contribution in [0.4, 0.5) is 5.95 Å². The predicted octanol–water partition coefficient (Wildman–Crippen LogP) is 0.945. The Hall–Kier alpha value is -2.52. The van der Waals surface area contributed by atoms with Crippen molar-refractivity contribution in [3.05, 3.63) is 47.3 Å². The third-order valence-electron chi connectivity index (χ3n) is 3.82. The van der Waals surface area contributed by atoms with Gasteiger partial charge in [-0.15, -0.1) is 0 Å². The van der Waals surface area contributed by atoms with Gasteiger partial charge in [-0.3, -0.25) is 0 Å². The Balaban J connectivity index is 1.90. The maximum Gasteiger partial charge on any atom is 0.354 e. The number of benzene rings is 1. The van der Waals surface area contributed by atoms with Crippen molar-refractivity contribution in [1.29, 1.82) is 0 Å². The maximum atomic E-state index is 12.2. The van der Waals surface area contributed by atoms with Crippen LogP contribution in [-0.4, -0.2) is 47.9 Å². The predicted molar refractivity (Wildman–Crippen MR) is 86.2 cm³/mol. The molecular formula is C15H16N4O4S. The molecule has 0 saturated heterocycles. The van der Waals surface area contributed by atoms with Crippen LogP contribution in [-0.2, 0) is 23.1 Å². The van der Waals surface area contributed by atoms with Gasteiger partial charge < -0.3 is 10.0 Å². The van der Waals surface area contributed by atoms with Crippen LogP contribution in [0.15, 0.2) is 35.4 Å². The van der Waals surface area contributed by atoms with E-state index in [-0.39, 0.29) is 10.6 Å². The van der Waals surface area contributed by atoms with E-state index in [0.29, 0.717) is 19.0 Å². The SMILES string of the molecule is CN(C)S(=O)(=O)c1ccc2c(c1)CN(c1nccc(C(=O)O)n1)C2. The number of hydrogen-bond donors (Lipinski definition) is 1. The Labute approximate surface area is 139 Å². The molecule has 1 aliphatic rings. The first kappa shape index (κ1) is 16.3. The van der Waals surface area contributed by atoms with Crippen LogP contribution in [0.2, 0.25) is 0 Å². The van der Waals surface area contributed by atoms with Crippen LogP contribution in [0.5, 0.6) is 0 Å². The van der Waals surface area contributed by atoms with Crippen LogP contribution < -0.4 is 4.90 Å². The zero-order chi connectivity index (χ0) is 17.5. The molecule has 126 valence electrons. The fourth-order valence-corrected chi connectivity index (χ4v) is 3.46. The van der Waals surface area contributed by atoms with Crippen molar-refractivity contribution in [2.24, 2.45) is 0 Å². The summed E-state index contributed by atoms with van der Waals surface area (Å²) in [5, 5.41) is 9.02. The summed E-state index contributed by atoms with van der Waals surface area (Å²) < 4.78 is 25.6. The number of aromatic carboxylic acids is 1. The minimum Gasteiger partial charge on any atom is -0.477 e. The summed E-state index contributed by atoms with van der Waals surface area (Å²) in [5.41, 5.74) is 1.76. The Kier molecular flexibility index (Phi) is 3.98. The minimum atomic E-state index is -3.49. The molecule has 0 radical (unpaired) electrons. The first-order valence-electron chi connectivity index (χ1n) is 7.14. The summed E-state index contributed by atoms with van der Waals surface area (Å²) >= 11 is 0. The van der Waals surface area contributed by atoms with Crippen LogP contribution in [0, 0.1) is 0 Å². The van der Waals surface area contributed by atoms with Gasteiger partial charge in [0.2, 0.25) is 16.0 Å². The van der Waals surface area contributed by atoms with Gasteiger partial charge in [-0.25, -0.2) is 27.5 Å². The van der Waals surface area contributed by atoms with Gasteiger partial charge in [-0.2, -0.15) is 0 Å². The molecule has 3 rings (SSSR count). The second kappa shape index (κ2) is 5.84. The number of nitrogens with zero attached hydrogens (tertiary/aromatic N) is 4. The first-order chi connectivity index (χ1) is 11.3. The monoisotopic (exact) mass is 348 g/mol. The summed E-state index contributed by atoms with van der Waals surface area (Å²) in [4.78, 5) is 21.2. The average molecular weight is 348 g/mol. The molecule has 0 aliphatic carbocycles. The maximum absolute atomic E-state index is 12.2. The quantitative estimate of drug-likeness (QED) is 0.877. The smallest absolute Gasteiger partial charge is 0.354 e. The van der Waals surface area contributed by atoms with E-state index >= 15 is 0 Å². The molecule has 1 aliphatic heterocycles.